The topological polar surface area (TPSA) is 64.7 Å². The highest BCUT2D eigenvalue weighted by Crippen LogP contribution is 2.41. The first-order valence-corrected chi connectivity index (χ1v) is 9.92. The highest BCUT2D eigenvalue weighted by atomic mass is 35.5. The van der Waals surface area contributed by atoms with E-state index in [1.54, 1.807) is 24.4 Å². The lowest BCUT2D eigenvalue weighted by atomic mass is 9.98. The summed E-state index contributed by atoms with van der Waals surface area (Å²) in [6.45, 7) is 12.1. The van der Waals surface area contributed by atoms with E-state index in [4.69, 9.17) is 22.3 Å². The largest absolute Gasteiger partial charge is 0.396 e. The fourth-order valence-electron chi connectivity index (χ4n) is 2.43. The number of benzene rings is 1. The molecule has 0 atom stereocenters. The molecule has 2 heterocycles. The molecule has 27 heavy (non-hydrogen) atoms. The van der Waals surface area contributed by atoms with Crippen molar-refractivity contribution in [1.29, 1.82) is 0 Å². The van der Waals surface area contributed by atoms with Gasteiger partial charge in [0.1, 0.15) is 0 Å². The summed E-state index contributed by atoms with van der Waals surface area (Å²) in [5, 5.41) is 1.02. The molecule has 0 radical (unpaired) electrons. The van der Waals surface area contributed by atoms with Crippen molar-refractivity contribution < 1.29 is 4.39 Å². The van der Waals surface area contributed by atoms with Gasteiger partial charge in [-0.15, -0.1) is 11.3 Å². The standard InChI is InChI=1S/C18H18ClFN4S.C2H6/c1-9-7-10(13(20)11(21)8-9)14-15(12-5-6-22-17(19)23-12)25-16(24-14)18(2,3)4;1-2/h5-8H,21H2,1-4H3;1-2H3. The number of nitrogens with two attached hydrogens (primary N) is 1. The van der Waals surface area contributed by atoms with E-state index in [1.807, 2.05) is 20.8 Å². The lowest BCUT2D eigenvalue weighted by molar-refractivity contribution is 0.585. The maximum Gasteiger partial charge on any atom is 0.222 e. The fourth-order valence-corrected chi connectivity index (χ4v) is 3.68. The summed E-state index contributed by atoms with van der Waals surface area (Å²) in [4.78, 5) is 13.7. The van der Waals surface area contributed by atoms with Crippen molar-refractivity contribution in [2.45, 2.75) is 47.0 Å². The van der Waals surface area contributed by atoms with E-state index in [0.29, 0.717) is 17.0 Å². The van der Waals surface area contributed by atoms with Crippen LogP contribution in [0.25, 0.3) is 21.8 Å². The van der Waals surface area contributed by atoms with Crippen LogP contribution in [0.1, 0.15) is 45.2 Å². The molecule has 0 unspecified atom stereocenters. The number of aryl methyl sites for hydroxylation is 1. The van der Waals surface area contributed by atoms with E-state index in [1.165, 1.54) is 11.3 Å². The van der Waals surface area contributed by atoms with Crippen LogP contribution in [0.3, 0.4) is 0 Å². The van der Waals surface area contributed by atoms with Crippen LogP contribution in [0.15, 0.2) is 24.4 Å². The number of anilines is 1. The van der Waals surface area contributed by atoms with E-state index < -0.39 is 5.82 Å². The molecule has 0 fully saturated rings. The summed E-state index contributed by atoms with van der Waals surface area (Å²) in [7, 11) is 0. The quantitative estimate of drug-likeness (QED) is 0.402. The van der Waals surface area contributed by atoms with Gasteiger partial charge in [-0.3, -0.25) is 0 Å². The minimum absolute atomic E-state index is 0.104. The molecule has 2 aromatic heterocycles. The molecule has 0 aliphatic heterocycles. The Morgan fingerprint density at radius 1 is 1.15 bits per heavy atom. The van der Waals surface area contributed by atoms with E-state index in [0.717, 1.165) is 15.4 Å². The molecule has 3 rings (SSSR count). The van der Waals surface area contributed by atoms with Crippen LogP contribution in [0, 0.1) is 12.7 Å². The molecule has 2 N–H and O–H groups in total. The molecule has 0 spiro atoms. The third-order valence-electron chi connectivity index (χ3n) is 3.63. The van der Waals surface area contributed by atoms with Crippen LogP contribution >= 0.6 is 22.9 Å². The molecule has 0 saturated heterocycles. The molecule has 0 aliphatic carbocycles. The zero-order valence-electron chi connectivity index (χ0n) is 16.4. The zero-order valence-corrected chi connectivity index (χ0v) is 18.0. The number of hydrogen-bond donors (Lipinski definition) is 1. The lowest BCUT2D eigenvalue weighted by Crippen LogP contribution is -2.10. The number of nitrogens with zero attached hydrogens (tertiary/aromatic N) is 3. The minimum Gasteiger partial charge on any atom is -0.396 e. The summed E-state index contributed by atoms with van der Waals surface area (Å²) in [6, 6.07) is 5.10. The van der Waals surface area contributed by atoms with Gasteiger partial charge >= 0.3 is 0 Å². The number of nitrogen functional groups attached to an aromatic ring is 1. The van der Waals surface area contributed by atoms with Crippen LogP contribution in [-0.4, -0.2) is 15.0 Å². The Morgan fingerprint density at radius 3 is 2.41 bits per heavy atom. The maximum atomic E-state index is 14.7. The third-order valence-corrected chi connectivity index (χ3v) is 5.31. The number of halogens is 2. The summed E-state index contributed by atoms with van der Waals surface area (Å²) < 4.78 is 14.7. The summed E-state index contributed by atoms with van der Waals surface area (Å²) in [5.74, 6) is -0.474. The Labute approximate surface area is 168 Å². The highest BCUT2D eigenvalue weighted by Gasteiger charge is 2.25. The van der Waals surface area contributed by atoms with Gasteiger partial charge in [-0.05, 0) is 42.3 Å². The number of aromatic nitrogens is 3. The molecule has 3 aromatic rings. The zero-order chi connectivity index (χ0) is 20.4. The Kier molecular flexibility index (Phi) is 6.54. The smallest absolute Gasteiger partial charge is 0.222 e. The van der Waals surface area contributed by atoms with Crippen LogP contribution < -0.4 is 5.73 Å². The predicted octanol–water partition coefficient (Wildman–Crippen LogP) is 6.27. The van der Waals surface area contributed by atoms with Crippen molar-refractivity contribution in [3.8, 4) is 21.8 Å². The van der Waals surface area contributed by atoms with Crippen LogP contribution in [0.5, 0.6) is 0 Å². The minimum atomic E-state index is -0.474. The highest BCUT2D eigenvalue weighted by molar-refractivity contribution is 7.15. The fraction of sp³-hybridized carbons (Fsp3) is 0.350. The number of rotatable bonds is 2. The first-order valence-electron chi connectivity index (χ1n) is 8.73. The van der Waals surface area contributed by atoms with Crippen molar-refractivity contribution >= 4 is 28.6 Å². The SMILES string of the molecule is CC.Cc1cc(N)c(F)c(-c2nc(C(C)(C)C)sc2-c2ccnc(Cl)n2)c1. The molecule has 4 nitrogen and oxygen atoms in total. The molecular formula is C20H24ClFN4S. The van der Waals surface area contributed by atoms with Gasteiger partial charge < -0.3 is 5.73 Å². The van der Waals surface area contributed by atoms with E-state index in [2.05, 4.69) is 30.7 Å². The van der Waals surface area contributed by atoms with Gasteiger partial charge in [-0.1, -0.05) is 34.6 Å². The van der Waals surface area contributed by atoms with Crippen molar-refractivity contribution in [2.75, 3.05) is 5.73 Å². The molecule has 7 heteroatoms. The molecule has 144 valence electrons. The summed E-state index contributed by atoms with van der Waals surface area (Å²) in [6.07, 6.45) is 1.58. The van der Waals surface area contributed by atoms with E-state index in [9.17, 15) is 4.39 Å². The Balaban J connectivity index is 0.00000126. The second-order valence-electron chi connectivity index (χ2n) is 6.87. The molecule has 0 amide bonds. The third kappa shape index (κ3) is 4.62. The van der Waals surface area contributed by atoms with E-state index in [-0.39, 0.29) is 16.4 Å². The van der Waals surface area contributed by atoms with Crippen molar-refractivity contribution in [3.63, 3.8) is 0 Å². The normalized spacial score (nSPS) is 11.1. The van der Waals surface area contributed by atoms with Crippen LogP contribution in [-0.2, 0) is 5.41 Å². The molecule has 0 bridgehead atoms. The Hall–Kier alpha value is -2.05. The van der Waals surface area contributed by atoms with Gasteiger partial charge in [-0.2, -0.15) is 0 Å². The van der Waals surface area contributed by atoms with Gasteiger partial charge in [0.05, 0.1) is 27.0 Å². The lowest BCUT2D eigenvalue weighted by Gasteiger charge is -2.13. The van der Waals surface area contributed by atoms with Gasteiger partial charge in [0.25, 0.3) is 0 Å². The first-order chi connectivity index (χ1) is 12.7. The number of thiazole rings is 1. The van der Waals surface area contributed by atoms with Gasteiger partial charge in [0.2, 0.25) is 5.28 Å². The van der Waals surface area contributed by atoms with Gasteiger partial charge in [0.15, 0.2) is 5.82 Å². The van der Waals surface area contributed by atoms with Crippen LogP contribution in [0.4, 0.5) is 10.1 Å². The second kappa shape index (κ2) is 8.31. The molecular weight excluding hydrogens is 383 g/mol. The first kappa shape index (κ1) is 21.3. The van der Waals surface area contributed by atoms with Gasteiger partial charge in [0, 0.05) is 17.2 Å². The van der Waals surface area contributed by atoms with Crippen LogP contribution in [0.2, 0.25) is 5.28 Å². The number of hydrogen-bond acceptors (Lipinski definition) is 5. The van der Waals surface area contributed by atoms with Crippen molar-refractivity contribution in [1.82, 2.24) is 15.0 Å². The average Bonchev–Trinajstić information content (AvgIpc) is 3.05. The van der Waals surface area contributed by atoms with Gasteiger partial charge in [-0.25, -0.2) is 19.3 Å². The van der Waals surface area contributed by atoms with E-state index >= 15 is 0 Å². The average molecular weight is 407 g/mol. The molecule has 0 saturated carbocycles. The molecule has 0 aliphatic rings. The maximum absolute atomic E-state index is 14.7. The Bertz CT molecular complexity index is 948. The Morgan fingerprint density at radius 2 is 1.81 bits per heavy atom. The monoisotopic (exact) mass is 406 g/mol. The summed E-state index contributed by atoms with van der Waals surface area (Å²) >= 11 is 7.42. The summed E-state index contributed by atoms with van der Waals surface area (Å²) in [5.41, 5.74) is 8.12. The van der Waals surface area contributed by atoms with Crippen molar-refractivity contribution in [3.05, 3.63) is 46.1 Å². The molecule has 1 aromatic carbocycles. The predicted molar refractivity (Wildman–Crippen MR) is 113 cm³/mol. The van der Waals surface area contributed by atoms with Crippen molar-refractivity contribution in [2.24, 2.45) is 0 Å². The second-order valence-corrected chi connectivity index (χ2v) is 8.21.